The normalized spacial score (nSPS) is 12.9. The van der Waals surface area contributed by atoms with E-state index in [4.69, 9.17) is 14.2 Å². The Kier molecular flexibility index (Phi) is 59.9. The minimum atomic E-state index is -0.807. The zero-order valence-corrected chi connectivity index (χ0v) is 49.5. The lowest BCUT2D eigenvalue weighted by atomic mass is 10.0. The first kappa shape index (κ1) is 71.8. The van der Waals surface area contributed by atoms with Crippen LogP contribution in [0.25, 0.3) is 0 Å². The Morgan fingerprint density at radius 2 is 0.526 bits per heavy atom. The van der Waals surface area contributed by atoms with Crippen LogP contribution in [0.5, 0.6) is 0 Å². The van der Waals surface area contributed by atoms with Crippen LogP contribution >= 0.6 is 0 Å². The fraction of sp³-hybridized carbons (Fsp3) is 0.671. The molecule has 0 aliphatic rings. The van der Waals surface area contributed by atoms with E-state index >= 15 is 0 Å². The van der Waals surface area contributed by atoms with Crippen molar-refractivity contribution in [2.75, 3.05) is 13.2 Å². The van der Waals surface area contributed by atoms with Crippen molar-refractivity contribution in [3.8, 4) is 0 Å². The Labute approximate surface area is 469 Å². The van der Waals surface area contributed by atoms with E-state index in [0.717, 1.165) is 116 Å². The fourth-order valence-corrected chi connectivity index (χ4v) is 8.50. The van der Waals surface area contributed by atoms with Gasteiger partial charge in [0.2, 0.25) is 0 Å². The Bertz CT molecular complexity index is 1590. The molecule has 0 fully saturated rings. The van der Waals surface area contributed by atoms with Crippen molar-refractivity contribution in [2.24, 2.45) is 0 Å². The number of carbonyl (C=O) groups is 3. The van der Waals surface area contributed by atoms with E-state index in [9.17, 15) is 14.4 Å². The van der Waals surface area contributed by atoms with Crippen LogP contribution in [0.15, 0.2) is 122 Å². The number of carbonyl (C=O) groups excluding carboxylic acids is 3. The second kappa shape index (κ2) is 63.3. The number of unbranched alkanes of at least 4 members (excludes halogenated alkanes) is 25. The molecule has 0 rings (SSSR count). The van der Waals surface area contributed by atoms with Crippen molar-refractivity contribution < 1.29 is 28.6 Å². The third-order valence-corrected chi connectivity index (χ3v) is 13.2. The van der Waals surface area contributed by atoms with E-state index in [1.165, 1.54) is 122 Å². The maximum Gasteiger partial charge on any atom is 0.306 e. The van der Waals surface area contributed by atoms with Crippen molar-refractivity contribution in [3.63, 3.8) is 0 Å². The molecule has 6 heteroatoms. The molecule has 0 aromatic heterocycles. The molecule has 0 heterocycles. The van der Waals surface area contributed by atoms with Gasteiger partial charge in [0.25, 0.3) is 0 Å². The summed E-state index contributed by atoms with van der Waals surface area (Å²) in [6.07, 6.45) is 87.8. The smallest absolute Gasteiger partial charge is 0.306 e. The van der Waals surface area contributed by atoms with Crippen LogP contribution in [0.3, 0.4) is 0 Å². The predicted molar refractivity (Wildman–Crippen MR) is 330 cm³/mol. The van der Waals surface area contributed by atoms with Crippen LogP contribution in [0, 0.1) is 0 Å². The number of ether oxygens (including phenoxy) is 3. The highest BCUT2D eigenvalue weighted by molar-refractivity contribution is 5.71. The Hall–Kier alpha value is -4.19. The molecule has 0 aromatic carbocycles. The summed E-state index contributed by atoms with van der Waals surface area (Å²) in [6, 6.07) is 0. The first-order chi connectivity index (χ1) is 37.5. The monoisotopic (exact) mass is 1050 g/mol. The molecule has 0 spiro atoms. The summed E-state index contributed by atoms with van der Waals surface area (Å²) in [5, 5.41) is 0. The maximum absolute atomic E-state index is 12.9. The first-order valence-electron chi connectivity index (χ1n) is 31.5. The van der Waals surface area contributed by atoms with Gasteiger partial charge in [0.15, 0.2) is 6.10 Å². The van der Waals surface area contributed by atoms with Gasteiger partial charge in [-0.3, -0.25) is 14.4 Å². The molecule has 0 saturated carbocycles. The van der Waals surface area contributed by atoms with Gasteiger partial charge in [-0.05, 0) is 109 Å². The zero-order chi connectivity index (χ0) is 55.0. The lowest BCUT2D eigenvalue weighted by molar-refractivity contribution is -0.167. The van der Waals surface area contributed by atoms with Gasteiger partial charge in [-0.15, -0.1) is 0 Å². The summed E-state index contributed by atoms with van der Waals surface area (Å²) >= 11 is 0. The van der Waals surface area contributed by atoms with Gasteiger partial charge in [-0.2, -0.15) is 0 Å². The summed E-state index contributed by atoms with van der Waals surface area (Å²) in [4.78, 5) is 38.2. The van der Waals surface area contributed by atoms with E-state index in [-0.39, 0.29) is 37.5 Å². The molecule has 0 saturated heterocycles. The third-order valence-electron chi connectivity index (χ3n) is 13.2. The second-order valence-corrected chi connectivity index (χ2v) is 20.6. The molecule has 0 bridgehead atoms. The molecule has 0 amide bonds. The third kappa shape index (κ3) is 60.7. The van der Waals surface area contributed by atoms with Crippen molar-refractivity contribution >= 4 is 17.9 Å². The van der Waals surface area contributed by atoms with E-state index in [2.05, 4.69) is 142 Å². The van der Waals surface area contributed by atoms with E-state index < -0.39 is 6.10 Å². The molecule has 0 radical (unpaired) electrons. The Balaban J connectivity index is 4.43. The molecule has 0 aliphatic carbocycles. The zero-order valence-electron chi connectivity index (χ0n) is 49.5. The molecule has 1 unspecified atom stereocenters. The van der Waals surface area contributed by atoms with Crippen LogP contribution in [0.2, 0.25) is 0 Å². The second-order valence-electron chi connectivity index (χ2n) is 20.6. The number of rotatable bonds is 56. The van der Waals surface area contributed by atoms with Crippen molar-refractivity contribution in [2.45, 2.75) is 290 Å². The Morgan fingerprint density at radius 1 is 0.276 bits per heavy atom. The quantitative estimate of drug-likeness (QED) is 0.0261. The minimum Gasteiger partial charge on any atom is -0.462 e. The molecule has 6 nitrogen and oxygen atoms in total. The van der Waals surface area contributed by atoms with Crippen LogP contribution in [-0.4, -0.2) is 37.2 Å². The van der Waals surface area contributed by atoms with Gasteiger partial charge in [-0.1, -0.05) is 277 Å². The van der Waals surface area contributed by atoms with Gasteiger partial charge in [0, 0.05) is 19.3 Å². The van der Waals surface area contributed by atoms with Gasteiger partial charge >= 0.3 is 17.9 Å². The summed E-state index contributed by atoms with van der Waals surface area (Å²) < 4.78 is 16.8. The summed E-state index contributed by atoms with van der Waals surface area (Å²) in [7, 11) is 0. The Morgan fingerprint density at radius 3 is 0.868 bits per heavy atom. The number of esters is 3. The van der Waals surface area contributed by atoms with Gasteiger partial charge < -0.3 is 14.2 Å². The first-order valence-corrected chi connectivity index (χ1v) is 31.5. The summed E-state index contributed by atoms with van der Waals surface area (Å²) in [5.41, 5.74) is 0. The number of hydrogen-bond acceptors (Lipinski definition) is 6. The van der Waals surface area contributed by atoms with Gasteiger partial charge in [-0.25, -0.2) is 0 Å². The molecule has 0 aliphatic heterocycles. The van der Waals surface area contributed by atoms with E-state index in [1.54, 1.807) is 0 Å². The lowest BCUT2D eigenvalue weighted by Gasteiger charge is -2.18. The highest BCUT2D eigenvalue weighted by atomic mass is 16.6. The molecule has 76 heavy (non-hydrogen) atoms. The fourth-order valence-electron chi connectivity index (χ4n) is 8.50. The molecular weight excluding hydrogens is 937 g/mol. The largest absolute Gasteiger partial charge is 0.462 e. The number of allylic oxidation sites excluding steroid dienone is 20. The predicted octanol–water partition coefficient (Wildman–Crippen LogP) is 21.6. The van der Waals surface area contributed by atoms with Crippen molar-refractivity contribution in [1.29, 1.82) is 0 Å². The van der Waals surface area contributed by atoms with E-state index in [0.29, 0.717) is 19.3 Å². The van der Waals surface area contributed by atoms with Crippen LogP contribution in [-0.2, 0) is 28.6 Å². The summed E-state index contributed by atoms with van der Waals surface area (Å²) in [6.45, 7) is 6.48. The van der Waals surface area contributed by atoms with Crippen molar-refractivity contribution in [1.82, 2.24) is 0 Å². The highest BCUT2D eigenvalue weighted by Gasteiger charge is 2.19. The SMILES string of the molecule is CC/C=C\C/C=C\C/C=C\C/C=C\C/C=C\C/C=C\C/C=C\C/C=C\C/C=C\CCCC(=O)OCC(COC(=O)CCCCCCCCCCCCCCC)OC(=O)CCCCCCC/C=C\CCCCCCCCC. The van der Waals surface area contributed by atoms with E-state index in [1.807, 2.05) is 0 Å². The average molecular weight is 1050 g/mol. The van der Waals surface area contributed by atoms with Crippen molar-refractivity contribution in [3.05, 3.63) is 122 Å². The minimum absolute atomic E-state index is 0.0989. The average Bonchev–Trinajstić information content (AvgIpc) is 3.42. The molecule has 0 N–H and O–H groups in total. The highest BCUT2D eigenvalue weighted by Crippen LogP contribution is 2.15. The van der Waals surface area contributed by atoms with Crippen LogP contribution in [0.4, 0.5) is 0 Å². The standard InChI is InChI=1S/C70H116O6/c1-4-7-10-13-16-19-22-25-27-29-30-31-32-33-34-35-36-37-38-39-40-41-43-45-48-51-54-57-60-63-69(72)75-66-67(65-74-68(71)62-59-56-53-50-47-44-24-21-18-15-12-9-6-3)76-70(73)64-61-58-55-52-49-46-42-28-26-23-20-17-14-11-8-5-2/h7,10,16,19,25,27-28,30-31,33-34,36-37,39-40,42-43,45,51,54,67H,4-6,8-9,11-15,17-18,20-24,26,29,32,35,38,41,44,46-50,52-53,55-66H2,1-3H3/b10-7-,19-16-,27-25-,31-30-,34-33-,37-36-,40-39-,42-28-,45-43-,54-51-. The van der Waals surface area contributed by atoms with Crippen LogP contribution < -0.4 is 0 Å². The maximum atomic E-state index is 12.9. The van der Waals surface area contributed by atoms with Gasteiger partial charge in [0.05, 0.1) is 0 Å². The summed E-state index contributed by atoms with van der Waals surface area (Å²) in [5.74, 6) is -0.966. The molecular formula is C70H116O6. The molecule has 432 valence electrons. The lowest BCUT2D eigenvalue weighted by Crippen LogP contribution is -2.30. The molecule has 0 aromatic rings. The topological polar surface area (TPSA) is 78.9 Å². The van der Waals surface area contributed by atoms with Gasteiger partial charge in [0.1, 0.15) is 13.2 Å². The molecule has 1 atom stereocenters. The van der Waals surface area contributed by atoms with Crippen LogP contribution in [0.1, 0.15) is 284 Å². The number of hydrogen-bond donors (Lipinski definition) is 0.